The van der Waals surface area contributed by atoms with E-state index in [1.54, 1.807) is 47.3 Å². The fourth-order valence-corrected chi connectivity index (χ4v) is 5.18. The summed E-state index contributed by atoms with van der Waals surface area (Å²) in [5.74, 6) is 0.983. The van der Waals surface area contributed by atoms with Gasteiger partial charge in [0.05, 0.1) is 44.3 Å². The van der Waals surface area contributed by atoms with E-state index in [1.807, 2.05) is 0 Å². The third-order valence-corrected chi connectivity index (χ3v) is 7.66. The summed E-state index contributed by atoms with van der Waals surface area (Å²) in [6, 6.07) is 8.66. The van der Waals surface area contributed by atoms with Crippen LogP contribution >= 0.6 is 11.6 Å². The summed E-state index contributed by atoms with van der Waals surface area (Å²) in [4.78, 5) is 41.8. The van der Waals surface area contributed by atoms with E-state index in [4.69, 9.17) is 30.8 Å². The molecule has 13 heteroatoms. The van der Waals surface area contributed by atoms with Crippen LogP contribution in [0.3, 0.4) is 0 Å². The summed E-state index contributed by atoms with van der Waals surface area (Å²) < 4.78 is 17.9. The number of nitrogens with zero attached hydrogens (tertiary/aromatic N) is 5. The van der Waals surface area contributed by atoms with Crippen molar-refractivity contribution in [2.75, 3.05) is 64.2 Å². The number of hydrogen-bond acceptors (Lipinski definition) is 10. The first-order valence-electron chi connectivity index (χ1n) is 14.1. The number of anilines is 2. The van der Waals surface area contributed by atoms with Gasteiger partial charge in [0.15, 0.2) is 0 Å². The third-order valence-electron chi connectivity index (χ3n) is 7.27. The highest BCUT2D eigenvalue weighted by molar-refractivity contribution is 6.35. The van der Waals surface area contributed by atoms with Gasteiger partial charge in [0, 0.05) is 73.6 Å². The van der Waals surface area contributed by atoms with E-state index in [9.17, 15) is 9.59 Å². The highest BCUT2D eigenvalue weighted by Gasteiger charge is 2.19. The number of hydrogen-bond donors (Lipinski definition) is 2. The number of aryl methyl sites for hydroxylation is 2. The average molecular weight is 620 g/mol. The molecule has 1 aliphatic heterocycles. The number of ether oxygens (including phenoxy) is 3. The molecular formula is C31H34ClN7O5. The maximum Gasteiger partial charge on any atom is 0.260 e. The van der Waals surface area contributed by atoms with E-state index in [0.29, 0.717) is 58.3 Å². The monoisotopic (exact) mass is 619 g/mol. The van der Waals surface area contributed by atoms with Gasteiger partial charge in [-0.25, -0.2) is 4.98 Å². The van der Waals surface area contributed by atoms with E-state index in [2.05, 4.69) is 32.1 Å². The van der Waals surface area contributed by atoms with Crippen LogP contribution in [0.4, 0.5) is 11.6 Å². The lowest BCUT2D eigenvalue weighted by Crippen LogP contribution is -2.39. The van der Waals surface area contributed by atoms with Gasteiger partial charge in [0.25, 0.3) is 5.56 Å². The number of carbonyl (C=O) groups is 1. The van der Waals surface area contributed by atoms with Crippen molar-refractivity contribution in [1.82, 2.24) is 24.4 Å². The first-order valence-corrected chi connectivity index (χ1v) is 14.5. The van der Waals surface area contributed by atoms with E-state index in [-0.39, 0.29) is 23.0 Å². The van der Waals surface area contributed by atoms with Gasteiger partial charge < -0.3 is 24.8 Å². The molecule has 0 atom stereocenters. The van der Waals surface area contributed by atoms with Gasteiger partial charge in [0.2, 0.25) is 11.9 Å². The first-order chi connectivity index (χ1) is 21.4. The number of nitrogens with one attached hydrogen (secondary N) is 2. The van der Waals surface area contributed by atoms with Gasteiger partial charge in [0.1, 0.15) is 17.1 Å². The van der Waals surface area contributed by atoms with Crippen molar-refractivity contribution in [2.24, 2.45) is 0 Å². The third kappa shape index (κ3) is 7.16. The van der Waals surface area contributed by atoms with E-state index in [0.717, 1.165) is 38.5 Å². The van der Waals surface area contributed by atoms with Gasteiger partial charge in [-0.2, -0.15) is 4.98 Å². The van der Waals surface area contributed by atoms with Crippen LogP contribution in [-0.2, 0) is 22.5 Å². The minimum Gasteiger partial charge on any atom is -0.497 e. The van der Waals surface area contributed by atoms with Crippen LogP contribution in [0.15, 0.2) is 60.2 Å². The van der Waals surface area contributed by atoms with Crippen molar-refractivity contribution >= 4 is 40.2 Å². The van der Waals surface area contributed by atoms with Crippen LogP contribution in [0.5, 0.6) is 11.5 Å². The maximum absolute atomic E-state index is 14.1. The highest BCUT2D eigenvalue weighted by Crippen LogP contribution is 2.38. The number of rotatable bonds is 12. The molecule has 1 fully saturated rings. The van der Waals surface area contributed by atoms with Gasteiger partial charge in [-0.05, 0) is 30.3 Å². The molecule has 2 N–H and O–H groups in total. The summed E-state index contributed by atoms with van der Waals surface area (Å²) in [5, 5.41) is 6.92. The fourth-order valence-electron chi connectivity index (χ4n) is 4.90. The molecule has 0 saturated carbocycles. The normalized spacial score (nSPS) is 13.4. The smallest absolute Gasteiger partial charge is 0.260 e. The zero-order valence-corrected chi connectivity index (χ0v) is 25.4. The fraction of sp³-hybridized carbons (Fsp3) is 0.323. The number of methoxy groups -OCH3 is 2. The van der Waals surface area contributed by atoms with Gasteiger partial charge in [-0.1, -0.05) is 18.2 Å². The Morgan fingerprint density at radius 2 is 1.91 bits per heavy atom. The Morgan fingerprint density at radius 3 is 2.61 bits per heavy atom. The standard InChI is InChI=1S/C31H34ClN7O5/c1-4-27(40)36-22-6-5-21(34-19-22)7-9-39-29-20(18-35-31(37-29)33-8-10-38-11-13-44-14-12-38)15-25(30(39)41)24-16-23(42-2)17-26(43-3)28(24)32/h4-6,15-19H,1,7-14H2,2-3H3,(H,36,40)(H,33,35,37). The molecule has 0 spiro atoms. The maximum atomic E-state index is 14.1. The second-order valence-corrected chi connectivity index (χ2v) is 10.4. The lowest BCUT2D eigenvalue weighted by Gasteiger charge is -2.26. The molecule has 0 unspecified atom stereocenters. The Hall–Kier alpha value is -4.52. The van der Waals surface area contributed by atoms with Crippen molar-refractivity contribution < 1.29 is 19.0 Å². The number of aromatic nitrogens is 4. The predicted molar refractivity (Wildman–Crippen MR) is 170 cm³/mol. The predicted octanol–water partition coefficient (Wildman–Crippen LogP) is 3.64. The van der Waals surface area contributed by atoms with E-state index >= 15 is 0 Å². The summed E-state index contributed by atoms with van der Waals surface area (Å²) in [6.07, 6.45) is 4.87. The van der Waals surface area contributed by atoms with Crippen LogP contribution in [-0.4, -0.2) is 83.9 Å². The number of amides is 1. The molecule has 4 heterocycles. The largest absolute Gasteiger partial charge is 0.497 e. The van der Waals surface area contributed by atoms with Gasteiger partial charge in [-0.15, -0.1) is 0 Å². The molecule has 1 aromatic carbocycles. The summed E-state index contributed by atoms with van der Waals surface area (Å²) in [6.45, 7) is 8.42. The van der Waals surface area contributed by atoms with Crippen LogP contribution in [0.1, 0.15) is 5.69 Å². The topological polar surface area (TPSA) is 133 Å². The Balaban J connectivity index is 1.50. The number of morpholine rings is 1. The molecule has 0 bridgehead atoms. The summed E-state index contributed by atoms with van der Waals surface area (Å²) in [7, 11) is 3.04. The zero-order chi connectivity index (χ0) is 31.1. The van der Waals surface area contributed by atoms with E-state index in [1.165, 1.54) is 20.3 Å². The highest BCUT2D eigenvalue weighted by atomic mass is 35.5. The molecule has 230 valence electrons. The van der Waals surface area contributed by atoms with Crippen LogP contribution in [0, 0.1) is 0 Å². The Morgan fingerprint density at radius 1 is 1.09 bits per heavy atom. The molecule has 4 aromatic rings. The first kappa shape index (κ1) is 30.9. The zero-order valence-electron chi connectivity index (χ0n) is 24.6. The molecule has 44 heavy (non-hydrogen) atoms. The van der Waals surface area contributed by atoms with Crippen LogP contribution in [0.25, 0.3) is 22.2 Å². The van der Waals surface area contributed by atoms with Crippen molar-refractivity contribution in [3.05, 3.63) is 76.5 Å². The quantitative estimate of drug-likeness (QED) is 0.227. The van der Waals surface area contributed by atoms with Crippen molar-refractivity contribution in [3.8, 4) is 22.6 Å². The van der Waals surface area contributed by atoms with Crippen LogP contribution < -0.4 is 25.7 Å². The van der Waals surface area contributed by atoms with Crippen molar-refractivity contribution in [2.45, 2.75) is 13.0 Å². The van der Waals surface area contributed by atoms with Crippen molar-refractivity contribution in [1.29, 1.82) is 0 Å². The average Bonchev–Trinajstić information content (AvgIpc) is 3.05. The number of halogens is 1. The van der Waals surface area contributed by atoms with Crippen LogP contribution in [0.2, 0.25) is 5.02 Å². The molecule has 5 rings (SSSR count). The Kier molecular flexibility index (Phi) is 10.1. The number of carbonyl (C=O) groups excluding carboxylic acids is 1. The summed E-state index contributed by atoms with van der Waals surface area (Å²) in [5.41, 5.74) is 2.28. The minimum atomic E-state index is -0.323. The number of fused-ring (bicyclic) bond motifs is 1. The SMILES string of the molecule is C=CC(=O)Nc1ccc(CCn2c(=O)c(-c3cc(OC)cc(OC)c3Cl)cc3cnc(NCCN4CCOCC4)nc32)nc1. The second-order valence-electron chi connectivity index (χ2n) is 10.0. The van der Waals surface area contributed by atoms with Crippen molar-refractivity contribution in [3.63, 3.8) is 0 Å². The molecule has 1 aliphatic rings. The summed E-state index contributed by atoms with van der Waals surface area (Å²) >= 11 is 6.70. The molecule has 12 nitrogen and oxygen atoms in total. The molecule has 1 saturated heterocycles. The molecule has 0 radical (unpaired) electrons. The Bertz CT molecular complexity index is 1700. The Labute approximate surface area is 259 Å². The number of pyridine rings is 2. The molecule has 3 aromatic heterocycles. The molecule has 0 aliphatic carbocycles. The number of benzene rings is 1. The van der Waals surface area contributed by atoms with Gasteiger partial charge >= 0.3 is 0 Å². The lowest BCUT2D eigenvalue weighted by atomic mass is 10.0. The lowest BCUT2D eigenvalue weighted by molar-refractivity contribution is -0.111. The minimum absolute atomic E-state index is 0.275. The molecule has 1 amide bonds. The second kappa shape index (κ2) is 14.3. The molecular weight excluding hydrogens is 586 g/mol. The van der Waals surface area contributed by atoms with E-state index < -0.39 is 0 Å². The van der Waals surface area contributed by atoms with Gasteiger partial charge in [-0.3, -0.25) is 24.0 Å².